The Morgan fingerprint density at radius 2 is 1.60 bits per heavy atom. The van der Waals surface area contributed by atoms with Crippen LogP contribution in [0.3, 0.4) is 0 Å². The molecule has 1 N–H and O–H groups in total. The zero-order valence-electron chi connectivity index (χ0n) is 13.9. The van der Waals surface area contributed by atoms with Crippen molar-refractivity contribution < 1.29 is 9.59 Å². The Labute approximate surface area is 123 Å². The zero-order chi connectivity index (χ0) is 15.6. The molecule has 0 bridgehead atoms. The van der Waals surface area contributed by atoms with Crippen molar-refractivity contribution in [1.29, 1.82) is 0 Å². The predicted molar refractivity (Wildman–Crippen MR) is 81.3 cm³/mol. The molecule has 1 aliphatic rings. The second-order valence-electron chi connectivity index (χ2n) is 6.89. The third kappa shape index (κ3) is 3.15. The first-order chi connectivity index (χ1) is 9.21. The molecule has 0 radical (unpaired) electrons. The highest BCUT2D eigenvalue weighted by atomic mass is 16.2. The maximum Gasteiger partial charge on any atom is 0.246 e. The van der Waals surface area contributed by atoms with Crippen LogP contribution in [-0.2, 0) is 9.59 Å². The minimum Gasteiger partial charge on any atom is -0.344 e. The fourth-order valence-corrected chi connectivity index (χ4v) is 3.15. The molecule has 0 saturated carbocycles. The van der Waals surface area contributed by atoms with Crippen LogP contribution in [0.1, 0.15) is 67.2 Å². The lowest BCUT2D eigenvalue weighted by molar-refractivity contribution is -0.142. The van der Waals surface area contributed by atoms with E-state index in [9.17, 15) is 9.59 Å². The molecule has 0 aromatic heterocycles. The smallest absolute Gasteiger partial charge is 0.246 e. The molecule has 116 valence electrons. The largest absolute Gasteiger partial charge is 0.344 e. The monoisotopic (exact) mass is 282 g/mol. The van der Waals surface area contributed by atoms with Crippen molar-refractivity contribution in [2.24, 2.45) is 5.41 Å². The molecule has 1 atom stereocenters. The van der Waals surface area contributed by atoms with E-state index in [2.05, 4.69) is 26.1 Å². The highest BCUT2D eigenvalue weighted by molar-refractivity contribution is 5.91. The second kappa shape index (κ2) is 6.15. The molecule has 0 aromatic rings. The Morgan fingerprint density at radius 1 is 1.10 bits per heavy atom. The normalized spacial score (nSPS) is 21.7. The van der Waals surface area contributed by atoms with E-state index >= 15 is 0 Å². The van der Waals surface area contributed by atoms with E-state index in [4.69, 9.17) is 0 Å². The third-order valence-corrected chi connectivity index (χ3v) is 4.79. The first-order valence-corrected chi connectivity index (χ1v) is 7.82. The molecule has 0 spiro atoms. The number of carbonyl (C=O) groups excluding carboxylic acids is 2. The molecule has 20 heavy (non-hydrogen) atoms. The van der Waals surface area contributed by atoms with Gasteiger partial charge in [0.15, 0.2) is 0 Å². The van der Waals surface area contributed by atoms with E-state index < -0.39 is 6.04 Å². The average Bonchev–Trinajstić information content (AvgIpc) is 2.53. The highest BCUT2D eigenvalue weighted by Gasteiger charge is 2.44. The standard InChI is InChI=1S/C16H30N2O2/c1-7-16(8-2,9-3)18-11-10-12(19)17-13(14(18)20)15(4,5)6/h13H,7-11H2,1-6H3,(H,17,19). The minimum absolute atomic E-state index is 0.0158. The first kappa shape index (κ1) is 17.0. The van der Waals surface area contributed by atoms with E-state index in [-0.39, 0.29) is 22.8 Å². The van der Waals surface area contributed by atoms with Crippen molar-refractivity contribution >= 4 is 11.8 Å². The Balaban J connectivity index is 3.19. The van der Waals surface area contributed by atoms with E-state index in [1.165, 1.54) is 0 Å². The summed E-state index contributed by atoms with van der Waals surface area (Å²) in [5, 5.41) is 2.91. The molecule has 2 amide bonds. The topological polar surface area (TPSA) is 49.4 Å². The molecule has 0 aliphatic carbocycles. The van der Waals surface area contributed by atoms with Gasteiger partial charge in [0.05, 0.1) is 0 Å². The van der Waals surface area contributed by atoms with Gasteiger partial charge in [0.25, 0.3) is 0 Å². The fourth-order valence-electron chi connectivity index (χ4n) is 3.15. The van der Waals surface area contributed by atoms with Gasteiger partial charge in [-0.25, -0.2) is 0 Å². The van der Waals surface area contributed by atoms with Crippen molar-refractivity contribution in [1.82, 2.24) is 10.2 Å². The van der Waals surface area contributed by atoms with Crippen molar-refractivity contribution in [2.45, 2.75) is 78.8 Å². The Kier molecular flexibility index (Phi) is 5.22. The van der Waals surface area contributed by atoms with Crippen LogP contribution in [0.2, 0.25) is 0 Å². The van der Waals surface area contributed by atoms with Crippen LogP contribution in [0.4, 0.5) is 0 Å². The second-order valence-corrected chi connectivity index (χ2v) is 6.89. The van der Waals surface area contributed by atoms with Crippen LogP contribution in [-0.4, -0.2) is 34.8 Å². The molecule has 1 saturated heterocycles. The van der Waals surface area contributed by atoms with Gasteiger partial charge in [0.1, 0.15) is 6.04 Å². The van der Waals surface area contributed by atoms with Gasteiger partial charge < -0.3 is 10.2 Å². The molecule has 1 rings (SSSR count). The van der Waals surface area contributed by atoms with Gasteiger partial charge in [0.2, 0.25) is 11.8 Å². The minimum atomic E-state index is -0.429. The Morgan fingerprint density at radius 3 is 2.00 bits per heavy atom. The predicted octanol–water partition coefficient (Wildman–Crippen LogP) is 2.72. The van der Waals surface area contributed by atoms with Gasteiger partial charge in [0, 0.05) is 18.5 Å². The SMILES string of the molecule is CCC(CC)(CC)N1CCC(=O)NC(C(C)(C)C)C1=O. The summed E-state index contributed by atoms with van der Waals surface area (Å²) in [7, 11) is 0. The molecule has 1 unspecified atom stereocenters. The summed E-state index contributed by atoms with van der Waals surface area (Å²) in [6.07, 6.45) is 3.18. The van der Waals surface area contributed by atoms with Gasteiger partial charge in [-0.05, 0) is 24.7 Å². The average molecular weight is 282 g/mol. The van der Waals surface area contributed by atoms with Crippen molar-refractivity contribution in [3.63, 3.8) is 0 Å². The van der Waals surface area contributed by atoms with Gasteiger partial charge >= 0.3 is 0 Å². The molecule has 1 fully saturated rings. The third-order valence-electron chi connectivity index (χ3n) is 4.79. The number of rotatable bonds is 4. The van der Waals surface area contributed by atoms with Crippen LogP contribution in [0.5, 0.6) is 0 Å². The molecular formula is C16H30N2O2. The van der Waals surface area contributed by atoms with Crippen LogP contribution in [0, 0.1) is 5.41 Å². The Hall–Kier alpha value is -1.06. The van der Waals surface area contributed by atoms with E-state index in [0.29, 0.717) is 13.0 Å². The number of nitrogens with zero attached hydrogens (tertiary/aromatic N) is 1. The summed E-state index contributed by atoms with van der Waals surface area (Å²) >= 11 is 0. The summed E-state index contributed by atoms with van der Waals surface area (Å²) in [6.45, 7) is 12.9. The molecule has 4 nitrogen and oxygen atoms in total. The molecule has 0 aromatic carbocycles. The number of carbonyl (C=O) groups is 2. The lowest BCUT2D eigenvalue weighted by Gasteiger charge is -2.44. The lowest BCUT2D eigenvalue weighted by Crippen LogP contribution is -2.58. The maximum atomic E-state index is 13.0. The molecule has 1 heterocycles. The molecule has 1 aliphatic heterocycles. The summed E-state index contributed by atoms with van der Waals surface area (Å²) in [5.41, 5.74) is -0.386. The van der Waals surface area contributed by atoms with E-state index in [1.54, 1.807) is 0 Å². The highest BCUT2D eigenvalue weighted by Crippen LogP contribution is 2.32. The lowest BCUT2D eigenvalue weighted by atomic mass is 9.82. The number of hydrogen-bond donors (Lipinski definition) is 1. The Bertz CT molecular complexity index is 359. The molecule has 4 heteroatoms. The van der Waals surface area contributed by atoms with Crippen molar-refractivity contribution in [2.75, 3.05) is 6.54 Å². The first-order valence-electron chi connectivity index (χ1n) is 7.82. The number of nitrogens with one attached hydrogen (secondary N) is 1. The maximum absolute atomic E-state index is 13.0. The fraction of sp³-hybridized carbons (Fsp3) is 0.875. The summed E-state index contributed by atoms with van der Waals surface area (Å²) in [4.78, 5) is 26.9. The van der Waals surface area contributed by atoms with Crippen LogP contribution in [0.25, 0.3) is 0 Å². The van der Waals surface area contributed by atoms with Crippen molar-refractivity contribution in [3.05, 3.63) is 0 Å². The van der Waals surface area contributed by atoms with Gasteiger partial charge in [-0.2, -0.15) is 0 Å². The quantitative estimate of drug-likeness (QED) is 0.862. The summed E-state index contributed by atoms with van der Waals surface area (Å²) in [6, 6.07) is -0.429. The van der Waals surface area contributed by atoms with Gasteiger partial charge in [-0.15, -0.1) is 0 Å². The number of hydrogen-bond acceptors (Lipinski definition) is 2. The van der Waals surface area contributed by atoms with Crippen LogP contribution < -0.4 is 5.32 Å². The summed E-state index contributed by atoms with van der Waals surface area (Å²) < 4.78 is 0. The summed E-state index contributed by atoms with van der Waals surface area (Å²) in [5.74, 6) is 0.0619. The van der Waals surface area contributed by atoms with Gasteiger partial charge in [-0.3, -0.25) is 9.59 Å². The van der Waals surface area contributed by atoms with Crippen LogP contribution >= 0.6 is 0 Å². The van der Waals surface area contributed by atoms with Crippen LogP contribution in [0.15, 0.2) is 0 Å². The zero-order valence-corrected chi connectivity index (χ0v) is 13.9. The van der Waals surface area contributed by atoms with Gasteiger partial charge in [-0.1, -0.05) is 41.5 Å². The van der Waals surface area contributed by atoms with E-state index in [1.807, 2.05) is 25.7 Å². The van der Waals surface area contributed by atoms with Crippen molar-refractivity contribution in [3.8, 4) is 0 Å². The molecular weight excluding hydrogens is 252 g/mol. The number of amides is 2. The van der Waals surface area contributed by atoms with E-state index in [0.717, 1.165) is 19.3 Å².